The highest BCUT2D eigenvalue weighted by atomic mass is 16.6. The van der Waals surface area contributed by atoms with Crippen molar-refractivity contribution in [1.29, 1.82) is 0 Å². The fourth-order valence-corrected chi connectivity index (χ4v) is 3.41. The molecule has 1 amide bonds. The minimum atomic E-state index is -0.402. The zero-order chi connectivity index (χ0) is 14.0. The SMILES string of the molecule is CC(C)(C)OC(=O)N1CC(C(CN)C2CCCC2)C1. The van der Waals surface area contributed by atoms with Crippen molar-refractivity contribution in [1.82, 2.24) is 4.90 Å². The van der Waals surface area contributed by atoms with E-state index in [1.165, 1.54) is 25.7 Å². The van der Waals surface area contributed by atoms with Gasteiger partial charge in [-0.25, -0.2) is 4.79 Å². The molecule has 110 valence electrons. The summed E-state index contributed by atoms with van der Waals surface area (Å²) in [6, 6.07) is 0. The Bertz CT molecular complexity index is 313. The second-order valence-electron chi connectivity index (χ2n) is 7.09. The third-order valence-corrected chi connectivity index (χ3v) is 4.44. The van der Waals surface area contributed by atoms with E-state index in [1.807, 2.05) is 25.7 Å². The molecule has 0 spiro atoms. The molecular weight excluding hydrogens is 240 g/mol. The van der Waals surface area contributed by atoms with Crippen LogP contribution >= 0.6 is 0 Å². The van der Waals surface area contributed by atoms with Gasteiger partial charge in [0.2, 0.25) is 0 Å². The molecule has 0 aromatic rings. The van der Waals surface area contributed by atoms with Crippen molar-refractivity contribution < 1.29 is 9.53 Å². The molecule has 19 heavy (non-hydrogen) atoms. The van der Waals surface area contributed by atoms with E-state index in [2.05, 4.69) is 0 Å². The Kier molecular flexibility index (Phi) is 4.39. The monoisotopic (exact) mass is 268 g/mol. The van der Waals surface area contributed by atoms with E-state index in [9.17, 15) is 4.79 Å². The molecule has 1 saturated carbocycles. The van der Waals surface area contributed by atoms with Crippen LogP contribution in [0.1, 0.15) is 46.5 Å². The van der Waals surface area contributed by atoms with Crippen molar-refractivity contribution in [2.45, 2.75) is 52.1 Å². The van der Waals surface area contributed by atoms with Crippen molar-refractivity contribution in [2.24, 2.45) is 23.5 Å². The fraction of sp³-hybridized carbons (Fsp3) is 0.933. The number of amides is 1. The lowest BCUT2D eigenvalue weighted by atomic mass is 9.77. The smallest absolute Gasteiger partial charge is 0.410 e. The topological polar surface area (TPSA) is 55.6 Å². The Morgan fingerprint density at radius 2 is 1.84 bits per heavy atom. The lowest BCUT2D eigenvalue weighted by Gasteiger charge is -2.45. The van der Waals surface area contributed by atoms with Crippen LogP contribution in [0.15, 0.2) is 0 Å². The molecule has 0 bridgehead atoms. The summed E-state index contributed by atoms with van der Waals surface area (Å²) in [5.41, 5.74) is 5.55. The average Bonchev–Trinajstić information content (AvgIpc) is 2.72. The number of nitrogens with two attached hydrogens (primary N) is 1. The molecule has 4 heteroatoms. The Morgan fingerprint density at radius 1 is 1.26 bits per heavy atom. The van der Waals surface area contributed by atoms with E-state index in [-0.39, 0.29) is 6.09 Å². The lowest BCUT2D eigenvalue weighted by Crippen LogP contribution is -2.56. The number of carbonyl (C=O) groups excluding carboxylic acids is 1. The van der Waals surface area contributed by atoms with Gasteiger partial charge in [0.05, 0.1) is 0 Å². The first-order chi connectivity index (χ1) is 8.90. The van der Waals surface area contributed by atoms with Gasteiger partial charge < -0.3 is 15.4 Å². The average molecular weight is 268 g/mol. The van der Waals surface area contributed by atoms with Gasteiger partial charge in [-0.15, -0.1) is 0 Å². The summed E-state index contributed by atoms with van der Waals surface area (Å²) >= 11 is 0. The maximum atomic E-state index is 11.9. The molecule has 1 aliphatic carbocycles. The van der Waals surface area contributed by atoms with Gasteiger partial charge in [0.25, 0.3) is 0 Å². The van der Waals surface area contributed by atoms with Crippen LogP contribution in [0.2, 0.25) is 0 Å². The van der Waals surface area contributed by atoms with Crippen LogP contribution in [0.4, 0.5) is 4.79 Å². The standard InChI is InChI=1S/C15H28N2O2/c1-15(2,3)19-14(18)17-9-12(10-17)13(8-16)11-6-4-5-7-11/h11-13H,4-10,16H2,1-3H3. The predicted molar refractivity (Wildman–Crippen MR) is 75.8 cm³/mol. The van der Waals surface area contributed by atoms with E-state index >= 15 is 0 Å². The Hall–Kier alpha value is -0.770. The zero-order valence-electron chi connectivity index (χ0n) is 12.5. The zero-order valence-corrected chi connectivity index (χ0v) is 12.5. The first-order valence-electron chi connectivity index (χ1n) is 7.58. The van der Waals surface area contributed by atoms with Gasteiger partial charge in [-0.1, -0.05) is 25.7 Å². The number of hydrogen-bond acceptors (Lipinski definition) is 3. The lowest BCUT2D eigenvalue weighted by molar-refractivity contribution is -0.0159. The van der Waals surface area contributed by atoms with Gasteiger partial charge in [0.1, 0.15) is 5.60 Å². The third-order valence-electron chi connectivity index (χ3n) is 4.44. The molecule has 2 aliphatic rings. The molecule has 2 N–H and O–H groups in total. The van der Waals surface area contributed by atoms with Crippen LogP contribution < -0.4 is 5.73 Å². The first-order valence-corrected chi connectivity index (χ1v) is 7.58. The van der Waals surface area contributed by atoms with Crippen LogP contribution in [-0.4, -0.2) is 36.2 Å². The highest BCUT2D eigenvalue weighted by molar-refractivity contribution is 5.69. The Morgan fingerprint density at radius 3 is 2.32 bits per heavy atom. The van der Waals surface area contributed by atoms with Gasteiger partial charge in [0, 0.05) is 13.1 Å². The van der Waals surface area contributed by atoms with Gasteiger partial charge in [-0.2, -0.15) is 0 Å². The highest BCUT2D eigenvalue weighted by Crippen LogP contribution is 2.38. The molecule has 0 aromatic carbocycles. The summed E-state index contributed by atoms with van der Waals surface area (Å²) in [4.78, 5) is 13.7. The molecule has 2 fully saturated rings. The number of nitrogens with zero attached hydrogens (tertiary/aromatic N) is 1. The Labute approximate surface area is 116 Å². The fourth-order valence-electron chi connectivity index (χ4n) is 3.41. The molecule has 1 aliphatic heterocycles. The summed E-state index contributed by atoms with van der Waals surface area (Å²) in [5, 5.41) is 0. The number of likely N-dealkylation sites (tertiary alicyclic amines) is 1. The highest BCUT2D eigenvalue weighted by Gasteiger charge is 2.40. The van der Waals surface area contributed by atoms with E-state index in [1.54, 1.807) is 0 Å². The van der Waals surface area contributed by atoms with Crippen LogP contribution in [0.5, 0.6) is 0 Å². The molecule has 1 saturated heterocycles. The van der Waals surface area contributed by atoms with Crippen molar-refractivity contribution in [3.63, 3.8) is 0 Å². The second kappa shape index (κ2) is 5.70. The van der Waals surface area contributed by atoms with Crippen molar-refractivity contribution in [2.75, 3.05) is 19.6 Å². The van der Waals surface area contributed by atoms with Crippen LogP contribution in [-0.2, 0) is 4.74 Å². The molecule has 1 atom stereocenters. The molecule has 0 aromatic heterocycles. The van der Waals surface area contributed by atoms with E-state index < -0.39 is 5.60 Å². The summed E-state index contributed by atoms with van der Waals surface area (Å²) in [6.45, 7) is 8.13. The van der Waals surface area contributed by atoms with Crippen LogP contribution in [0.25, 0.3) is 0 Å². The summed E-state index contributed by atoms with van der Waals surface area (Å²) < 4.78 is 5.38. The van der Waals surface area contributed by atoms with Gasteiger partial charge >= 0.3 is 6.09 Å². The van der Waals surface area contributed by atoms with Crippen molar-refractivity contribution in [3.8, 4) is 0 Å². The van der Waals surface area contributed by atoms with Gasteiger partial charge in [-0.3, -0.25) is 0 Å². The van der Waals surface area contributed by atoms with E-state index in [0.29, 0.717) is 11.8 Å². The van der Waals surface area contributed by atoms with Crippen molar-refractivity contribution >= 4 is 6.09 Å². The Balaban J connectivity index is 1.79. The molecule has 1 heterocycles. The maximum Gasteiger partial charge on any atom is 0.410 e. The number of rotatable bonds is 3. The predicted octanol–water partition coefficient (Wildman–Crippen LogP) is 2.62. The number of hydrogen-bond donors (Lipinski definition) is 1. The van der Waals surface area contributed by atoms with Crippen LogP contribution in [0, 0.1) is 17.8 Å². The number of carbonyl (C=O) groups is 1. The first kappa shape index (κ1) is 14.6. The normalized spacial score (nSPS) is 23.3. The van der Waals surface area contributed by atoms with E-state index in [0.717, 1.165) is 25.6 Å². The minimum absolute atomic E-state index is 0.175. The molecule has 4 nitrogen and oxygen atoms in total. The molecule has 1 unspecified atom stereocenters. The maximum absolute atomic E-state index is 11.9. The summed E-state index contributed by atoms with van der Waals surface area (Å²) in [5.74, 6) is 1.97. The van der Waals surface area contributed by atoms with Crippen molar-refractivity contribution in [3.05, 3.63) is 0 Å². The quantitative estimate of drug-likeness (QED) is 0.856. The summed E-state index contributed by atoms with van der Waals surface area (Å²) in [7, 11) is 0. The third kappa shape index (κ3) is 3.62. The molecule has 2 rings (SSSR count). The molecule has 0 radical (unpaired) electrons. The van der Waals surface area contributed by atoms with Gasteiger partial charge in [-0.05, 0) is 45.1 Å². The largest absolute Gasteiger partial charge is 0.444 e. The summed E-state index contributed by atoms with van der Waals surface area (Å²) in [6.07, 6.45) is 5.18. The number of ether oxygens (including phenoxy) is 1. The minimum Gasteiger partial charge on any atom is -0.444 e. The second-order valence-corrected chi connectivity index (χ2v) is 7.09. The molecular formula is C15H28N2O2. The van der Waals surface area contributed by atoms with Crippen LogP contribution in [0.3, 0.4) is 0 Å². The van der Waals surface area contributed by atoms with Gasteiger partial charge in [0.15, 0.2) is 0 Å². The van der Waals surface area contributed by atoms with E-state index in [4.69, 9.17) is 10.5 Å².